The summed E-state index contributed by atoms with van der Waals surface area (Å²) in [6.07, 6.45) is 0. The van der Waals surface area contributed by atoms with Gasteiger partial charge in [-0.3, -0.25) is 9.59 Å². The van der Waals surface area contributed by atoms with Crippen molar-refractivity contribution in [2.75, 3.05) is 30.8 Å². The fraction of sp³-hybridized carbons (Fsp3) is 0.176. The molecule has 0 saturated heterocycles. The lowest BCUT2D eigenvalue weighted by Crippen LogP contribution is -2.38. The van der Waals surface area contributed by atoms with Gasteiger partial charge in [0.05, 0.1) is 23.8 Å². The van der Waals surface area contributed by atoms with Crippen LogP contribution >= 0.6 is 34.2 Å². The molecule has 0 unspecified atom stereocenters. The van der Waals surface area contributed by atoms with Crippen molar-refractivity contribution in [1.29, 1.82) is 0 Å². The molecule has 2 N–H and O–H groups in total. The third-order valence-electron chi connectivity index (χ3n) is 3.26. The molecule has 5 nitrogen and oxygen atoms in total. The van der Waals surface area contributed by atoms with Crippen molar-refractivity contribution in [1.82, 2.24) is 4.90 Å². The molecule has 0 aliphatic rings. The van der Waals surface area contributed by atoms with Crippen LogP contribution in [-0.4, -0.2) is 36.9 Å². The van der Waals surface area contributed by atoms with E-state index in [1.54, 1.807) is 31.3 Å². The van der Waals surface area contributed by atoms with Gasteiger partial charge in [0.15, 0.2) is 0 Å². The Morgan fingerprint density at radius 3 is 2.38 bits per heavy atom. The van der Waals surface area contributed by atoms with Crippen molar-refractivity contribution in [3.63, 3.8) is 0 Å². The number of likely N-dealkylation sites (N-methyl/N-ethyl adjacent to an activating group) is 1. The normalized spacial score (nSPS) is 10.1. The minimum Gasteiger partial charge on any atom is -0.375 e. The molecule has 2 amide bonds. The third kappa shape index (κ3) is 5.38. The zero-order chi connectivity index (χ0) is 17.5. The average molecular weight is 458 g/mol. The van der Waals surface area contributed by atoms with E-state index in [0.717, 1.165) is 9.26 Å². The van der Waals surface area contributed by atoms with Gasteiger partial charge in [-0.25, -0.2) is 0 Å². The molecule has 0 aliphatic heterocycles. The Hall–Kier alpha value is -1.80. The van der Waals surface area contributed by atoms with Gasteiger partial charge in [-0.05, 0) is 46.9 Å². The first-order chi connectivity index (χ1) is 11.5. The maximum absolute atomic E-state index is 12.1. The zero-order valence-electron chi connectivity index (χ0n) is 13.1. The molecular weight excluding hydrogens is 441 g/mol. The molecule has 126 valence electrons. The lowest BCUT2D eigenvalue weighted by molar-refractivity contribution is -0.131. The Labute approximate surface area is 159 Å². The molecule has 7 heteroatoms. The van der Waals surface area contributed by atoms with E-state index in [1.807, 2.05) is 24.3 Å². The minimum absolute atomic E-state index is 0.0440. The number of benzene rings is 2. The number of halogens is 2. The third-order valence-corrected chi connectivity index (χ3v) is 4.53. The molecule has 2 aromatic rings. The van der Waals surface area contributed by atoms with Gasteiger partial charge in [0.2, 0.25) is 11.8 Å². The molecule has 0 heterocycles. The number of nitrogens with zero attached hydrogens (tertiary/aromatic N) is 1. The van der Waals surface area contributed by atoms with Crippen molar-refractivity contribution in [2.24, 2.45) is 0 Å². The fourth-order valence-electron chi connectivity index (χ4n) is 1.97. The first-order valence-electron chi connectivity index (χ1n) is 7.24. The lowest BCUT2D eigenvalue weighted by atomic mass is 10.3. The summed E-state index contributed by atoms with van der Waals surface area (Å²) in [4.78, 5) is 25.5. The summed E-state index contributed by atoms with van der Waals surface area (Å²) in [5.41, 5.74) is 1.42. The molecule has 0 bridgehead atoms. The van der Waals surface area contributed by atoms with E-state index in [-0.39, 0.29) is 24.9 Å². The highest BCUT2D eigenvalue weighted by atomic mass is 127. The summed E-state index contributed by atoms with van der Waals surface area (Å²) >= 11 is 8.19. The number of rotatable bonds is 6. The molecule has 0 fully saturated rings. The number of nitrogens with one attached hydrogen (secondary N) is 2. The summed E-state index contributed by atoms with van der Waals surface area (Å²) in [5, 5.41) is 6.23. The van der Waals surface area contributed by atoms with Crippen molar-refractivity contribution >= 4 is 57.4 Å². The zero-order valence-corrected chi connectivity index (χ0v) is 16.0. The Kier molecular flexibility index (Phi) is 6.86. The van der Waals surface area contributed by atoms with Crippen molar-refractivity contribution < 1.29 is 9.59 Å². The van der Waals surface area contributed by atoms with E-state index in [0.29, 0.717) is 10.7 Å². The van der Waals surface area contributed by atoms with Crippen molar-refractivity contribution in [2.45, 2.75) is 0 Å². The Bertz CT molecular complexity index is 739. The lowest BCUT2D eigenvalue weighted by Gasteiger charge is -2.18. The summed E-state index contributed by atoms with van der Waals surface area (Å²) in [6, 6.07) is 14.6. The second-order valence-corrected chi connectivity index (χ2v) is 6.68. The number of anilines is 2. The highest BCUT2D eigenvalue weighted by Gasteiger charge is 2.14. The van der Waals surface area contributed by atoms with Gasteiger partial charge in [-0.1, -0.05) is 35.9 Å². The average Bonchev–Trinajstić information content (AvgIpc) is 2.56. The number of carbonyl (C=O) groups excluding carboxylic acids is 2. The monoisotopic (exact) mass is 457 g/mol. The standard InChI is InChI=1S/C17H17ClIN3O2/c1-22(11-16(23)21-14-8-4-2-6-12(14)18)17(24)10-20-15-9-5-3-7-13(15)19/h2-9,20H,10-11H2,1H3,(H,21,23). The van der Waals surface area contributed by atoms with E-state index in [2.05, 4.69) is 33.2 Å². The molecule has 0 saturated carbocycles. The molecule has 0 aromatic heterocycles. The van der Waals surface area contributed by atoms with Crippen molar-refractivity contribution in [3.05, 3.63) is 57.1 Å². The summed E-state index contributed by atoms with van der Waals surface area (Å²) < 4.78 is 1.03. The van der Waals surface area contributed by atoms with Gasteiger partial charge in [0.1, 0.15) is 0 Å². The van der Waals surface area contributed by atoms with Gasteiger partial charge in [0, 0.05) is 16.3 Å². The van der Waals surface area contributed by atoms with Gasteiger partial charge in [0.25, 0.3) is 0 Å². The van der Waals surface area contributed by atoms with Crippen LogP contribution in [-0.2, 0) is 9.59 Å². The van der Waals surface area contributed by atoms with E-state index in [9.17, 15) is 9.59 Å². The summed E-state index contributed by atoms with van der Waals surface area (Å²) in [6.45, 7) is 0.0769. The van der Waals surface area contributed by atoms with Gasteiger partial charge in [-0.2, -0.15) is 0 Å². The van der Waals surface area contributed by atoms with Gasteiger partial charge < -0.3 is 15.5 Å². The van der Waals surface area contributed by atoms with Crippen LogP contribution in [0.2, 0.25) is 5.02 Å². The van der Waals surface area contributed by atoms with E-state index < -0.39 is 0 Å². The molecule has 0 radical (unpaired) electrons. The molecular formula is C17H17ClIN3O2. The second kappa shape index (κ2) is 8.89. The van der Waals surface area contributed by atoms with Crippen molar-refractivity contribution in [3.8, 4) is 0 Å². The number of hydrogen-bond acceptors (Lipinski definition) is 3. The van der Waals surface area contributed by atoms with Crippen LogP contribution in [0.5, 0.6) is 0 Å². The Morgan fingerprint density at radius 1 is 1.08 bits per heavy atom. The van der Waals surface area contributed by atoms with Crippen LogP contribution in [0.15, 0.2) is 48.5 Å². The maximum Gasteiger partial charge on any atom is 0.244 e. The summed E-state index contributed by atoms with van der Waals surface area (Å²) in [7, 11) is 1.59. The van der Waals surface area contributed by atoms with E-state index in [1.165, 1.54) is 4.90 Å². The first-order valence-corrected chi connectivity index (χ1v) is 8.70. The maximum atomic E-state index is 12.1. The molecule has 2 rings (SSSR count). The fourth-order valence-corrected chi connectivity index (χ4v) is 2.73. The smallest absolute Gasteiger partial charge is 0.244 e. The van der Waals surface area contributed by atoms with E-state index in [4.69, 9.17) is 11.6 Å². The number of para-hydroxylation sites is 2. The van der Waals surface area contributed by atoms with Crippen LogP contribution < -0.4 is 10.6 Å². The quantitative estimate of drug-likeness (QED) is 0.653. The Morgan fingerprint density at radius 2 is 1.71 bits per heavy atom. The van der Waals surface area contributed by atoms with Crippen LogP contribution in [0.25, 0.3) is 0 Å². The number of carbonyl (C=O) groups is 2. The highest BCUT2D eigenvalue weighted by Crippen LogP contribution is 2.20. The molecule has 0 atom stereocenters. The summed E-state index contributed by atoms with van der Waals surface area (Å²) in [5.74, 6) is -0.475. The minimum atomic E-state index is -0.298. The molecule has 0 aliphatic carbocycles. The second-order valence-electron chi connectivity index (χ2n) is 5.11. The topological polar surface area (TPSA) is 61.4 Å². The molecule has 2 aromatic carbocycles. The van der Waals surface area contributed by atoms with Crippen LogP contribution in [0.1, 0.15) is 0 Å². The van der Waals surface area contributed by atoms with Crippen LogP contribution in [0, 0.1) is 3.57 Å². The number of hydrogen-bond donors (Lipinski definition) is 2. The Balaban J connectivity index is 1.84. The van der Waals surface area contributed by atoms with Crippen LogP contribution in [0.3, 0.4) is 0 Å². The van der Waals surface area contributed by atoms with Gasteiger partial charge in [-0.15, -0.1) is 0 Å². The van der Waals surface area contributed by atoms with E-state index >= 15 is 0 Å². The van der Waals surface area contributed by atoms with Gasteiger partial charge >= 0.3 is 0 Å². The number of amides is 2. The van der Waals surface area contributed by atoms with Crippen LogP contribution in [0.4, 0.5) is 11.4 Å². The SMILES string of the molecule is CN(CC(=O)Nc1ccccc1Cl)C(=O)CNc1ccccc1I. The molecule has 24 heavy (non-hydrogen) atoms. The highest BCUT2D eigenvalue weighted by molar-refractivity contribution is 14.1. The largest absolute Gasteiger partial charge is 0.375 e. The predicted octanol–water partition coefficient (Wildman–Crippen LogP) is 3.45. The predicted molar refractivity (Wildman–Crippen MR) is 105 cm³/mol. The molecule has 0 spiro atoms. The first kappa shape index (κ1) is 18.5.